The number of sulfonamides is 1. The molecule has 0 radical (unpaired) electrons. The first kappa shape index (κ1) is 16.8. The van der Waals surface area contributed by atoms with E-state index < -0.39 is 15.3 Å². The number of aromatic nitrogens is 2. The smallest absolute Gasteiger partial charge is 0.260 e. The molecule has 1 atom stereocenters. The van der Waals surface area contributed by atoms with Crippen molar-refractivity contribution in [3.63, 3.8) is 0 Å². The van der Waals surface area contributed by atoms with E-state index in [2.05, 4.69) is 9.82 Å². The zero-order valence-corrected chi connectivity index (χ0v) is 14.1. The van der Waals surface area contributed by atoms with Crippen molar-refractivity contribution in [1.82, 2.24) is 19.4 Å². The number of amides is 1. The predicted molar refractivity (Wildman–Crippen MR) is 81.1 cm³/mol. The quantitative estimate of drug-likeness (QED) is 0.790. The van der Waals surface area contributed by atoms with Crippen LogP contribution in [0, 0.1) is 13.8 Å². The Hall–Kier alpha value is -1.61. The molecule has 2 rings (SSSR count). The molecule has 1 unspecified atom stereocenters. The van der Waals surface area contributed by atoms with Gasteiger partial charge < -0.3 is 9.64 Å². The Labute approximate surface area is 130 Å². The van der Waals surface area contributed by atoms with Gasteiger partial charge in [-0.25, -0.2) is 13.1 Å². The molecule has 1 aromatic heterocycles. The van der Waals surface area contributed by atoms with E-state index in [0.717, 1.165) is 11.4 Å². The van der Waals surface area contributed by atoms with Crippen molar-refractivity contribution in [1.29, 1.82) is 0 Å². The van der Waals surface area contributed by atoms with Crippen molar-refractivity contribution < 1.29 is 17.9 Å². The van der Waals surface area contributed by atoms with Gasteiger partial charge in [-0.05, 0) is 27.3 Å². The van der Waals surface area contributed by atoms with Crippen LogP contribution < -0.4 is 9.46 Å². The molecule has 1 amide bonds. The van der Waals surface area contributed by atoms with E-state index in [0.29, 0.717) is 18.7 Å². The van der Waals surface area contributed by atoms with Gasteiger partial charge in [-0.15, -0.1) is 0 Å². The van der Waals surface area contributed by atoms with E-state index in [1.54, 1.807) is 4.68 Å². The van der Waals surface area contributed by atoms with Crippen LogP contribution in [0.2, 0.25) is 0 Å². The molecule has 1 aliphatic heterocycles. The van der Waals surface area contributed by atoms with E-state index in [1.165, 1.54) is 11.9 Å². The molecule has 22 heavy (non-hydrogen) atoms. The highest BCUT2D eigenvalue weighted by atomic mass is 32.2. The van der Waals surface area contributed by atoms with Crippen LogP contribution in [0.3, 0.4) is 0 Å². The first-order valence-electron chi connectivity index (χ1n) is 7.09. The standard InChI is InChI=1S/C13H22N4O4S/c1-9-13(10(2)16(4)15-9)21-8-12(18)17-6-5-11(7-17)22(19,20)14-3/h11,14H,5-8H2,1-4H3. The van der Waals surface area contributed by atoms with Crippen molar-refractivity contribution in [2.24, 2.45) is 7.05 Å². The second kappa shape index (κ2) is 6.25. The predicted octanol–water partition coefficient (Wildman–Crippen LogP) is -0.434. The molecular weight excluding hydrogens is 308 g/mol. The first-order valence-corrected chi connectivity index (χ1v) is 8.64. The van der Waals surface area contributed by atoms with Gasteiger partial charge in [0.2, 0.25) is 10.0 Å². The van der Waals surface area contributed by atoms with Gasteiger partial charge in [-0.3, -0.25) is 9.48 Å². The van der Waals surface area contributed by atoms with Gasteiger partial charge in [0, 0.05) is 20.1 Å². The van der Waals surface area contributed by atoms with Gasteiger partial charge in [0.1, 0.15) is 5.69 Å². The number of hydrogen-bond donors (Lipinski definition) is 1. The Bertz CT molecular complexity index is 668. The minimum Gasteiger partial charge on any atom is -0.480 e. The summed E-state index contributed by atoms with van der Waals surface area (Å²) in [7, 11) is -0.144. The minimum absolute atomic E-state index is 0.111. The number of ether oxygens (including phenoxy) is 1. The molecule has 0 bridgehead atoms. The zero-order chi connectivity index (χ0) is 16.5. The molecule has 0 aliphatic carbocycles. The maximum absolute atomic E-state index is 12.2. The summed E-state index contributed by atoms with van der Waals surface area (Å²) in [6.45, 7) is 4.21. The van der Waals surface area contributed by atoms with Crippen LogP contribution >= 0.6 is 0 Å². The lowest BCUT2D eigenvalue weighted by Crippen LogP contribution is -2.37. The van der Waals surface area contributed by atoms with Gasteiger partial charge >= 0.3 is 0 Å². The lowest BCUT2D eigenvalue weighted by atomic mass is 10.3. The van der Waals surface area contributed by atoms with Gasteiger partial charge in [0.05, 0.1) is 10.9 Å². The van der Waals surface area contributed by atoms with Crippen molar-refractivity contribution in [3.05, 3.63) is 11.4 Å². The summed E-state index contributed by atoms with van der Waals surface area (Å²) in [5, 5.41) is 3.67. The largest absolute Gasteiger partial charge is 0.480 e. The molecular formula is C13H22N4O4S. The van der Waals surface area contributed by atoms with Gasteiger partial charge in [-0.1, -0.05) is 0 Å². The van der Waals surface area contributed by atoms with E-state index in [4.69, 9.17) is 4.74 Å². The van der Waals surface area contributed by atoms with E-state index in [1.807, 2.05) is 20.9 Å². The molecule has 0 spiro atoms. The molecule has 0 aromatic carbocycles. The number of carbonyl (C=O) groups excluding carboxylic acids is 1. The molecule has 0 saturated carbocycles. The van der Waals surface area contributed by atoms with Gasteiger partial charge in [0.25, 0.3) is 5.91 Å². The lowest BCUT2D eigenvalue weighted by Gasteiger charge is -2.17. The topological polar surface area (TPSA) is 93.5 Å². The Morgan fingerprint density at radius 3 is 2.68 bits per heavy atom. The number of likely N-dealkylation sites (tertiary alicyclic amines) is 1. The number of nitrogens with zero attached hydrogens (tertiary/aromatic N) is 3. The highest BCUT2D eigenvalue weighted by Gasteiger charge is 2.34. The fourth-order valence-electron chi connectivity index (χ4n) is 2.56. The SMILES string of the molecule is CNS(=O)(=O)C1CCN(C(=O)COc2c(C)nn(C)c2C)C1. The summed E-state index contributed by atoms with van der Waals surface area (Å²) in [5.74, 6) is 0.394. The lowest BCUT2D eigenvalue weighted by molar-refractivity contribution is -0.132. The second-order valence-corrected chi connectivity index (χ2v) is 7.58. The summed E-state index contributed by atoms with van der Waals surface area (Å²) in [6, 6.07) is 0. The third kappa shape index (κ3) is 3.25. The Morgan fingerprint density at radius 1 is 1.45 bits per heavy atom. The molecule has 1 N–H and O–H groups in total. The van der Waals surface area contributed by atoms with E-state index in [-0.39, 0.29) is 19.1 Å². The summed E-state index contributed by atoms with van der Waals surface area (Å²) in [6.07, 6.45) is 0.444. The van der Waals surface area contributed by atoms with Crippen LogP contribution in [0.4, 0.5) is 0 Å². The molecule has 9 heteroatoms. The summed E-state index contributed by atoms with van der Waals surface area (Å²) < 4.78 is 33.1. The summed E-state index contributed by atoms with van der Waals surface area (Å²) >= 11 is 0. The third-order valence-electron chi connectivity index (χ3n) is 4.00. The molecule has 8 nitrogen and oxygen atoms in total. The number of aryl methyl sites for hydroxylation is 2. The maximum atomic E-state index is 12.2. The van der Waals surface area contributed by atoms with Gasteiger partial charge in [0.15, 0.2) is 12.4 Å². The molecule has 1 saturated heterocycles. The Balaban J connectivity index is 1.94. The minimum atomic E-state index is -3.34. The third-order valence-corrected chi connectivity index (χ3v) is 5.84. The maximum Gasteiger partial charge on any atom is 0.260 e. The summed E-state index contributed by atoms with van der Waals surface area (Å²) in [4.78, 5) is 13.7. The normalized spacial score (nSPS) is 18.7. The number of nitrogens with one attached hydrogen (secondary N) is 1. The van der Waals surface area contributed by atoms with Crippen molar-refractivity contribution in [2.45, 2.75) is 25.5 Å². The van der Waals surface area contributed by atoms with Crippen LogP contribution in [0.15, 0.2) is 0 Å². The number of carbonyl (C=O) groups is 1. The fourth-order valence-corrected chi connectivity index (χ4v) is 3.69. The highest BCUT2D eigenvalue weighted by molar-refractivity contribution is 7.90. The van der Waals surface area contributed by atoms with Crippen LogP contribution in [-0.4, -0.2) is 61.0 Å². The monoisotopic (exact) mass is 330 g/mol. The average molecular weight is 330 g/mol. The summed E-state index contributed by atoms with van der Waals surface area (Å²) in [5.41, 5.74) is 1.58. The molecule has 1 fully saturated rings. The van der Waals surface area contributed by atoms with Crippen LogP contribution in [0.25, 0.3) is 0 Å². The second-order valence-electron chi connectivity index (χ2n) is 5.41. The molecule has 1 aliphatic rings. The fraction of sp³-hybridized carbons (Fsp3) is 0.692. The average Bonchev–Trinajstić information content (AvgIpc) is 3.05. The highest BCUT2D eigenvalue weighted by Crippen LogP contribution is 2.22. The number of rotatable bonds is 5. The van der Waals surface area contributed by atoms with Gasteiger partial charge in [-0.2, -0.15) is 5.10 Å². The molecule has 1 aromatic rings. The van der Waals surface area contributed by atoms with Crippen LogP contribution in [-0.2, 0) is 21.9 Å². The number of hydrogen-bond acceptors (Lipinski definition) is 5. The van der Waals surface area contributed by atoms with Crippen LogP contribution in [0.5, 0.6) is 5.75 Å². The van der Waals surface area contributed by atoms with E-state index >= 15 is 0 Å². The molecule has 124 valence electrons. The van der Waals surface area contributed by atoms with Crippen molar-refractivity contribution in [2.75, 3.05) is 26.7 Å². The Kier molecular flexibility index (Phi) is 4.76. The zero-order valence-electron chi connectivity index (χ0n) is 13.3. The Morgan fingerprint density at radius 2 is 2.14 bits per heavy atom. The first-order chi connectivity index (χ1) is 10.3. The van der Waals surface area contributed by atoms with Crippen LogP contribution in [0.1, 0.15) is 17.8 Å². The van der Waals surface area contributed by atoms with Crippen molar-refractivity contribution >= 4 is 15.9 Å². The van der Waals surface area contributed by atoms with Crippen molar-refractivity contribution in [3.8, 4) is 5.75 Å². The molecule has 2 heterocycles. The van der Waals surface area contributed by atoms with E-state index in [9.17, 15) is 13.2 Å².